The molecule has 4 aliphatic rings. The lowest BCUT2D eigenvalue weighted by Crippen LogP contribution is -2.32. The lowest BCUT2D eigenvalue weighted by Gasteiger charge is -2.40. The average Bonchev–Trinajstić information content (AvgIpc) is 3.98. The number of hydrogen-bond acceptors (Lipinski definition) is 1. The third kappa shape index (κ3) is 4.91. The highest BCUT2D eigenvalue weighted by atomic mass is 15.1. The predicted octanol–water partition coefficient (Wildman–Crippen LogP) is 18.1. The summed E-state index contributed by atoms with van der Waals surface area (Å²) < 4.78 is 59.1. The molecule has 1 atom stereocenters. The summed E-state index contributed by atoms with van der Waals surface area (Å²) in [6.45, 7) is 0. The van der Waals surface area contributed by atoms with Gasteiger partial charge in [-0.1, -0.05) is 206 Å². The van der Waals surface area contributed by atoms with E-state index in [1.165, 1.54) is 38.9 Å². The average molecular weight is 943 g/mol. The van der Waals surface area contributed by atoms with Gasteiger partial charge in [0, 0.05) is 33.5 Å². The van der Waals surface area contributed by atoms with Gasteiger partial charge in [-0.25, -0.2) is 0 Å². The van der Waals surface area contributed by atoms with Gasteiger partial charge >= 0.3 is 0 Å². The summed E-state index contributed by atoms with van der Waals surface area (Å²) in [7, 11) is 0. The minimum atomic E-state index is -1.22. The molecule has 0 fully saturated rings. The largest absolute Gasteiger partial charge is 0.310 e. The van der Waals surface area contributed by atoms with Crippen LogP contribution < -0.4 is 4.90 Å². The van der Waals surface area contributed by atoms with Crippen LogP contribution in [0.1, 0.15) is 52.7 Å². The van der Waals surface area contributed by atoms with Crippen molar-refractivity contribution in [3.05, 3.63) is 311 Å². The molecule has 74 heavy (non-hydrogen) atoms. The molecule has 0 bridgehead atoms. The van der Waals surface area contributed by atoms with Gasteiger partial charge in [-0.2, -0.15) is 0 Å². The highest BCUT2D eigenvalue weighted by molar-refractivity contribution is 6.11. The van der Waals surface area contributed by atoms with Crippen molar-refractivity contribution in [2.45, 2.75) is 10.8 Å². The van der Waals surface area contributed by atoms with Crippen LogP contribution in [0.2, 0.25) is 0 Å². The number of nitrogens with zero attached hydrogens (tertiary/aromatic N) is 2. The maximum Gasteiger partial charge on any atom is 0.0726 e. The fourth-order valence-electron chi connectivity index (χ4n) is 14.2. The van der Waals surface area contributed by atoms with Crippen LogP contribution in [0, 0.1) is 0 Å². The Morgan fingerprint density at radius 2 is 0.770 bits per heavy atom. The number of rotatable bonds is 4. The van der Waals surface area contributed by atoms with Crippen LogP contribution in [0.25, 0.3) is 82.8 Å². The zero-order valence-electron chi connectivity index (χ0n) is 45.8. The Morgan fingerprint density at radius 1 is 0.311 bits per heavy atom. The van der Waals surface area contributed by atoms with Crippen molar-refractivity contribution in [1.29, 1.82) is 0 Å². The van der Waals surface area contributed by atoms with E-state index in [9.17, 15) is 6.85 Å². The predicted molar refractivity (Wildman–Crippen MR) is 306 cm³/mol. The second-order valence-electron chi connectivity index (χ2n) is 20.2. The molecule has 0 radical (unpaired) electrons. The van der Waals surface area contributed by atoms with Crippen molar-refractivity contribution in [2.24, 2.45) is 0 Å². The normalized spacial score (nSPS) is 16.6. The molecule has 1 unspecified atom stereocenters. The fourth-order valence-corrected chi connectivity index (χ4v) is 14.2. The number of para-hydroxylation sites is 2. The molecular formula is C72H44N2. The molecular weight excluding hydrogens is 893 g/mol. The number of aromatic nitrogens is 1. The Balaban J connectivity index is 0.974. The third-order valence-electron chi connectivity index (χ3n) is 16.9. The molecule has 12 aromatic carbocycles. The lowest BCUT2D eigenvalue weighted by atomic mass is 9.61. The van der Waals surface area contributed by atoms with Gasteiger partial charge in [0.1, 0.15) is 0 Å². The molecule has 17 rings (SSSR count). The molecule has 2 spiro atoms. The van der Waals surface area contributed by atoms with Gasteiger partial charge in [-0.05, 0) is 160 Å². The van der Waals surface area contributed by atoms with E-state index in [-0.39, 0.29) is 41.6 Å². The van der Waals surface area contributed by atoms with Crippen LogP contribution in [-0.2, 0) is 10.8 Å². The van der Waals surface area contributed by atoms with Crippen LogP contribution >= 0.6 is 0 Å². The van der Waals surface area contributed by atoms with Crippen molar-refractivity contribution in [3.8, 4) is 50.2 Å². The van der Waals surface area contributed by atoms with Crippen LogP contribution in [0.5, 0.6) is 0 Å². The van der Waals surface area contributed by atoms with Crippen molar-refractivity contribution in [2.75, 3.05) is 4.90 Å². The monoisotopic (exact) mass is 942 g/mol. The molecule has 2 nitrogen and oxygen atoms in total. The molecule has 0 amide bonds. The molecule has 342 valence electrons. The molecule has 4 aliphatic carbocycles. The zero-order chi connectivity index (χ0) is 53.5. The molecule has 0 saturated heterocycles. The first-order valence-electron chi connectivity index (χ1n) is 28.4. The number of hydrogen-bond donors (Lipinski definition) is 0. The van der Waals surface area contributed by atoms with Crippen molar-refractivity contribution >= 4 is 49.6 Å². The highest BCUT2D eigenvalue weighted by Gasteiger charge is 2.53. The second kappa shape index (κ2) is 14.6. The Kier molecular flexibility index (Phi) is 6.84. The van der Waals surface area contributed by atoms with Gasteiger partial charge in [0.2, 0.25) is 0 Å². The Bertz CT molecular complexity index is 4890. The maximum absolute atomic E-state index is 10.1. The summed E-state index contributed by atoms with van der Waals surface area (Å²) >= 11 is 0. The molecule has 2 heteroatoms. The Morgan fingerprint density at radius 3 is 1.43 bits per heavy atom. The molecule has 1 aromatic heterocycles. The summed E-state index contributed by atoms with van der Waals surface area (Å²) in [4.78, 5) is 2.37. The van der Waals surface area contributed by atoms with E-state index in [0.717, 1.165) is 77.9 Å². The minimum absolute atomic E-state index is 0.123. The van der Waals surface area contributed by atoms with Crippen LogP contribution in [0.15, 0.2) is 267 Å². The van der Waals surface area contributed by atoms with Crippen LogP contribution in [-0.4, -0.2) is 4.57 Å². The van der Waals surface area contributed by atoms with Gasteiger partial charge in [0.15, 0.2) is 0 Å². The first-order chi connectivity index (χ1) is 39.2. The van der Waals surface area contributed by atoms with Crippen molar-refractivity contribution in [1.82, 2.24) is 4.57 Å². The van der Waals surface area contributed by atoms with Gasteiger partial charge in [-0.3, -0.25) is 0 Å². The van der Waals surface area contributed by atoms with E-state index in [4.69, 9.17) is 1.37 Å². The summed E-state index contributed by atoms with van der Waals surface area (Å²) in [5.41, 5.74) is 20.4. The molecule has 0 aliphatic heterocycles. The van der Waals surface area contributed by atoms with Crippen molar-refractivity contribution < 1.29 is 8.22 Å². The smallest absolute Gasteiger partial charge is 0.0726 e. The third-order valence-corrected chi connectivity index (χ3v) is 16.9. The van der Waals surface area contributed by atoms with Gasteiger partial charge < -0.3 is 9.47 Å². The van der Waals surface area contributed by atoms with E-state index in [2.05, 4.69) is 210 Å². The number of benzene rings is 12. The summed E-state index contributed by atoms with van der Waals surface area (Å²) in [6.07, 6.45) is 0. The van der Waals surface area contributed by atoms with Gasteiger partial charge in [-0.15, -0.1) is 0 Å². The highest BCUT2D eigenvalue weighted by Crippen LogP contribution is 2.65. The van der Waals surface area contributed by atoms with Crippen molar-refractivity contribution in [3.63, 3.8) is 0 Å². The standard InChI is InChI=1S/C72H44N2/c1-2-20-46(21-3-1)74-68-35-15-9-27-56(68)59-43-48(38-41-69(59)74)73(47-37-40-65-58(42-47)54-26-8-14-33-64(54)71(65)60-29-10-4-22-50(60)51-23-5-11-30-61(51)71)49-36-39-55-52-24-6-12-31-62(52)72(67(55)44-49)63-32-13-7-25-53(63)57-28-16-18-45-19-17-34-66(72)70(45)57/h1-44H/i16D,17D,18D,19D,28D,34D. The van der Waals surface area contributed by atoms with E-state index in [1.807, 2.05) is 30.3 Å². The topological polar surface area (TPSA) is 8.17 Å². The Hall–Kier alpha value is -9.50. The second-order valence-corrected chi connectivity index (χ2v) is 20.2. The van der Waals surface area contributed by atoms with E-state index in [0.29, 0.717) is 22.1 Å². The molecule has 0 N–H and O–H groups in total. The van der Waals surface area contributed by atoms with E-state index >= 15 is 0 Å². The molecule has 13 aromatic rings. The lowest BCUT2D eigenvalue weighted by molar-refractivity contribution is 0.773. The van der Waals surface area contributed by atoms with Gasteiger partial charge in [0.05, 0.1) is 30.1 Å². The first kappa shape index (κ1) is 34.8. The summed E-state index contributed by atoms with van der Waals surface area (Å²) in [5, 5.41) is 2.78. The quantitative estimate of drug-likeness (QED) is 0.171. The molecule has 0 saturated carbocycles. The first-order valence-corrected chi connectivity index (χ1v) is 25.4. The SMILES string of the molecule is [2H]c1c([2H])c2c3c(c([2H])c([2H])c([2H])c3c1[2H])C1(c3ccccc3-c3ccc(N(c4ccc5c(c4)-c4ccccc4C54c5ccccc5-c5ccccc54)c4ccc5c(c4)c4ccccc4n5-c4ccccc4)cc31)c1ccccc1-2. The van der Waals surface area contributed by atoms with Gasteiger partial charge in [0.25, 0.3) is 0 Å². The van der Waals surface area contributed by atoms with Crippen LogP contribution in [0.4, 0.5) is 17.1 Å². The minimum Gasteiger partial charge on any atom is -0.310 e. The number of fused-ring (bicyclic) bond motifs is 22. The fraction of sp³-hybridized carbons (Fsp3) is 0.0278. The molecule has 1 heterocycles. The maximum atomic E-state index is 10.1. The number of anilines is 3. The zero-order valence-corrected chi connectivity index (χ0v) is 39.8. The van der Waals surface area contributed by atoms with E-state index < -0.39 is 10.8 Å². The summed E-state index contributed by atoms with van der Waals surface area (Å²) in [6, 6.07) is 81.2. The summed E-state index contributed by atoms with van der Waals surface area (Å²) in [5.74, 6) is 0. The Labute approximate surface area is 437 Å². The van der Waals surface area contributed by atoms with E-state index in [1.54, 1.807) is 0 Å². The van der Waals surface area contributed by atoms with Crippen LogP contribution in [0.3, 0.4) is 0 Å².